The number of para-hydroxylation sites is 2. The van der Waals surface area contributed by atoms with Crippen LogP contribution in [0.3, 0.4) is 0 Å². The number of rotatable bonds is 5. The van der Waals surface area contributed by atoms with Crippen molar-refractivity contribution in [3.63, 3.8) is 0 Å². The predicted octanol–water partition coefficient (Wildman–Crippen LogP) is 1.74. The molecule has 0 unspecified atom stereocenters. The van der Waals surface area contributed by atoms with Gasteiger partial charge in [-0.15, -0.1) is 0 Å². The van der Waals surface area contributed by atoms with Crippen LogP contribution in [0, 0.1) is 10.1 Å². The maximum Gasteiger partial charge on any atom is 0.310 e. The molecule has 0 amide bonds. The van der Waals surface area contributed by atoms with Gasteiger partial charge < -0.3 is 4.74 Å². The van der Waals surface area contributed by atoms with Gasteiger partial charge in [0.2, 0.25) is 10.0 Å². The molecule has 0 saturated carbocycles. The lowest BCUT2D eigenvalue weighted by molar-refractivity contribution is -0.386. The second-order valence-electron chi connectivity index (χ2n) is 5.33. The van der Waals surface area contributed by atoms with Crippen molar-refractivity contribution in [1.29, 1.82) is 0 Å². The van der Waals surface area contributed by atoms with Gasteiger partial charge in [0.1, 0.15) is 12.3 Å². The second-order valence-corrected chi connectivity index (χ2v) is 7.31. The summed E-state index contributed by atoms with van der Waals surface area (Å²) >= 11 is 0. The third-order valence-corrected chi connectivity index (χ3v) is 4.94. The van der Waals surface area contributed by atoms with Gasteiger partial charge in [-0.05, 0) is 18.9 Å². The summed E-state index contributed by atoms with van der Waals surface area (Å²) in [5.41, 5.74) is -1.91. The Hall–Kier alpha value is -1.74. The molecule has 9 heteroatoms. The third-order valence-electron chi connectivity index (χ3n) is 3.64. The lowest BCUT2D eigenvalue weighted by atomic mass is 9.95. The highest BCUT2D eigenvalue weighted by Crippen LogP contribution is 2.31. The Bertz CT molecular complexity index is 656. The number of nitro benzene ring substituents is 1. The Morgan fingerprint density at radius 3 is 2.50 bits per heavy atom. The molecule has 0 aliphatic carbocycles. The summed E-state index contributed by atoms with van der Waals surface area (Å²) in [7, 11) is -3.32. The van der Waals surface area contributed by atoms with Gasteiger partial charge in [-0.25, -0.2) is 17.1 Å². The van der Waals surface area contributed by atoms with E-state index in [-0.39, 0.29) is 44.0 Å². The van der Waals surface area contributed by atoms with Gasteiger partial charge in [0.15, 0.2) is 5.75 Å². The van der Waals surface area contributed by atoms with E-state index in [2.05, 4.69) is 0 Å². The Kier molecular flexibility index (Phi) is 4.66. The highest BCUT2D eigenvalue weighted by molar-refractivity contribution is 7.88. The molecule has 122 valence electrons. The molecular weight excluding hydrogens is 315 g/mol. The van der Waals surface area contributed by atoms with Crippen molar-refractivity contribution in [2.45, 2.75) is 18.5 Å². The number of piperidine rings is 1. The first-order valence-corrected chi connectivity index (χ1v) is 8.56. The minimum Gasteiger partial charge on any atom is -0.483 e. The minimum atomic E-state index is -3.32. The third kappa shape index (κ3) is 3.92. The molecular formula is C13H17FN2O5S. The molecule has 1 fully saturated rings. The fourth-order valence-electron chi connectivity index (χ4n) is 2.30. The van der Waals surface area contributed by atoms with Gasteiger partial charge in [0, 0.05) is 19.2 Å². The monoisotopic (exact) mass is 332 g/mol. The summed E-state index contributed by atoms with van der Waals surface area (Å²) in [5.74, 6) is 0.00932. The van der Waals surface area contributed by atoms with E-state index in [0.29, 0.717) is 0 Å². The summed E-state index contributed by atoms with van der Waals surface area (Å²) in [6.45, 7) is -0.180. The highest BCUT2D eigenvalue weighted by Gasteiger charge is 2.38. The summed E-state index contributed by atoms with van der Waals surface area (Å²) in [6.07, 6.45) is 1.09. The van der Waals surface area contributed by atoms with Crippen molar-refractivity contribution in [2.24, 2.45) is 0 Å². The van der Waals surface area contributed by atoms with Crippen LogP contribution in [-0.4, -0.2) is 49.3 Å². The van der Waals surface area contributed by atoms with Crippen molar-refractivity contribution < 1.29 is 22.5 Å². The molecule has 0 aromatic heterocycles. The summed E-state index contributed by atoms with van der Waals surface area (Å²) in [6, 6.07) is 5.76. The van der Waals surface area contributed by atoms with Gasteiger partial charge >= 0.3 is 5.69 Å². The maximum atomic E-state index is 14.6. The Balaban J connectivity index is 1.99. The lowest BCUT2D eigenvalue weighted by Gasteiger charge is -2.34. The molecule has 7 nitrogen and oxygen atoms in total. The highest BCUT2D eigenvalue weighted by atomic mass is 32.2. The fourth-order valence-corrected chi connectivity index (χ4v) is 3.15. The number of hydrogen-bond acceptors (Lipinski definition) is 5. The van der Waals surface area contributed by atoms with Crippen LogP contribution in [0.1, 0.15) is 12.8 Å². The number of ether oxygens (including phenoxy) is 1. The van der Waals surface area contributed by atoms with E-state index in [1.807, 2.05) is 0 Å². The van der Waals surface area contributed by atoms with Crippen LogP contribution in [0.25, 0.3) is 0 Å². The van der Waals surface area contributed by atoms with Crippen LogP contribution in [0.4, 0.5) is 10.1 Å². The van der Waals surface area contributed by atoms with Crippen LogP contribution in [0.5, 0.6) is 5.75 Å². The number of sulfonamides is 1. The summed E-state index contributed by atoms with van der Waals surface area (Å²) < 4.78 is 43.9. The number of alkyl halides is 1. The van der Waals surface area contributed by atoms with E-state index in [9.17, 15) is 22.9 Å². The topological polar surface area (TPSA) is 89.8 Å². The quantitative estimate of drug-likeness (QED) is 0.605. The zero-order chi connectivity index (χ0) is 16.4. The average Bonchev–Trinajstić information content (AvgIpc) is 2.45. The van der Waals surface area contributed by atoms with E-state index in [4.69, 9.17) is 4.74 Å². The first-order chi connectivity index (χ1) is 10.2. The van der Waals surface area contributed by atoms with E-state index in [0.717, 1.165) is 6.26 Å². The van der Waals surface area contributed by atoms with E-state index in [1.54, 1.807) is 6.07 Å². The normalized spacial score (nSPS) is 18.8. The van der Waals surface area contributed by atoms with Crippen molar-refractivity contribution in [1.82, 2.24) is 4.31 Å². The number of halogens is 1. The number of benzene rings is 1. The van der Waals surface area contributed by atoms with E-state index in [1.165, 1.54) is 22.5 Å². The van der Waals surface area contributed by atoms with Crippen LogP contribution < -0.4 is 4.74 Å². The SMILES string of the molecule is CS(=O)(=O)N1CCC(F)(COc2ccccc2[N+](=O)[O-])CC1. The molecule has 0 radical (unpaired) electrons. The predicted molar refractivity (Wildman–Crippen MR) is 78.1 cm³/mol. The number of nitro groups is 1. The first kappa shape index (κ1) is 16.6. The standard InChI is InChI=1S/C13H17FN2O5S/c1-22(19,20)15-8-6-13(14,7-9-15)10-21-12-5-3-2-4-11(12)16(17)18/h2-5H,6-10H2,1H3. The van der Waals surface area contributed by atoms with Crippen molar-refractivity contribution in [3.8, 4) is 5.75 Å². The number of nitrogens with zero attached hydrogens (tertiary/aromatic N) is 2. The van der Waals surface area contributed by atoms with Crippen molar-refractivity contribution >= 4 is 15.7 Å². The molecule has 1 heterocycles. The lowest BCUT2D eigenvalue weighted by Crippen LogP contribution is -2.46. The molecule has 0 spiro atoms. The maximum absolute atomic E-state index is 14.6. The second kappa shape index (κ2) is 6.17. The molecule has 0 atom stereocenters. The van der Waals surface area contributed by atoms with Crippen LogP contribution in [-0.2, 0) is 10.0 Å². The van der Waals surface area contributed by atoms with Crippen molar-refractivity contribution in [3.05, 3.63) is 34.4 Å². The smallest absolute Gasteiger partial charge is 0.310 e. The van der Waals surface area contributed by atoms with Crippen LogP contribution in [0.2, 0.25) is 0 Å². The summed E-state index contributed by atoms with van der Waals surface area (Å²) in [4.78, 5) is 10.3. The zero-order valence-electron chi connectivity index (χ0n) is 12.1. The first-order valence-electron chi connectivity index (χ1n) is 6.72. The molecule has 1 saturated heterocycles. The van der Waals surface area contributed by atoms with Gasteiger partial charge in [0.25, 0.3) is 0 Å². The van der Waals surface area contributed by atoms with Gasteiger partial charge in [-0.2, -0.15) is 0 Å². The Labute approximate surface area is 127 Å². The molecule has 2 rings (SSSR count). The Morgan fingerprint density at radius 2 is 1.95 bits per heavy atom. The molecule has 1 aliphatic heterocycles. The molecule has 1 aromatic rings. The molecule has 1 aromatic carbocycles. The molecule has 22 heavy (non-hydrogen) atoms. The van der Waals surface area contributed by atoms with E-state index < -0.39 is 20.6 Å². The van der Waals surface area contributed by atoms with Gasteiger partial charge in [-0.3, -0.25) is 10.1 Å². The molecule has 0 N–H and O–H groups in total. The van der Waals surface area contributed by atoms with Gasteiger partial charge in [0.05, 0.1) is 11.2 Å². The van der Waals surface area contributed by atoms with E-state index >= 15 is 0 Å². The zero-order valence-corrected chi connectivity index (χ0v) is 12.9. The Morgan fingerprint density at radius 1 is 1.36 bits per heavy atom. The summed E-state index contributed by atoms with van der Waals surface area (Å²) in [5, 5.41) is 10.9. The average molecular weight is 332 g/mol. The van der Waals surface area contributed by atoms with Crippen LogP contribution in [0.15, 0.2) is 24.3 Å². The largest absolute Gasteiger partial charge is 0.483 e. The van der Waals surface area contributed by atoms with Gasteiger partial charge in [-0.1, -0.05) is 12.1 Å². The molecule has 0 bridgehead atoms. The molecule has 1 aliphatic rings. The van der Waals surface area contributed by atoms with Crippen molar-refractivity contribution in [2.75, 3.05) is 26.0 Å². The number of hydrogen-bond donors (Lipinski definition) is 0. The van der Waals surface area contributed by atoms with Crippen LogP contribution >= 0.6 is 0 Å². The minimum absolute atomic E-state index is 0.000696. The fraction of sp³-hybridized carbons (Fsp3) is 0.538.